The van der Waals surface area contributed by atoms with Crippen LogP contribution in [0.3, 0.4) is 0 Å². The third-order valence-electron chi connectivity index (χ3n) is 4.77. The second-order valence-corrected chi connectivity index (χ2v) is 8.75. The molecule has 0 saturated carbocycles. The van der Waals surface area contributed by atoms with Gasteiger partial charge in [-0.3, -0.25) is 4.79 Å². The van der Waals surface area contributed by atoms with Crippen molar-refractivity contribution in [3.8, 4) is 0 Å². The van der Waals surface area contributed by atoms with Gasteiger partial charge in [-0.05, 0) is 32.8 Å². The van der Waals surface area contributed by atoms with Gasteiger partial charge in [-0.1, -0.05) is 30.3 Å². The third-order valence-corrected chi connectivity index (χ3v) is 7.15. The van der Waals surface area contributed by atoms with E-state index in [9.17, 15) is 13.2 Å². The fourth-order valence-electron chi connectivity index (χ4n) is 3.52. The highest BCUT2D eigenvalue weighted by Gasteiger charge is 2.47. The van der Waals surface area contributed by atoms with Crippen molar-refractivity contribution in [2.75, 3.05) is 14.1 Å². The van der Waals surface area contributed by atoms with Crippen LogP contribution >= 0.6 is 0 Å². The molecule has 0 N–H and O–H groups in total. The fraction of sp³-hybridized carbons (Fsp3) is 0.588. The largest absolute Gasteiger partial charge is 0.348 e. The molecule has 0 aromatic heterocycles. The molecule has 6 heteroatoms. The topological polar surface area (TPSA) is 57.7 Å². The van der Waals surface area contributed by atoms with Crippen molar-refractivity contribution < 1.29 is 13.2 Å². The van der Waals surface area contributed by atoms with Crippen LogP contribution in [0, 0.1) is 0 Å². The van der Waals surface area contributed by atoms with Crippen molar-refractivity contribution >= 4 is 15.9 Å². The summed E-state index contributed by atoms with van der Waals surface area (Å²) >= 11 is 0. The zero-order chi connectivity index (χ0) is 17.4. The van der Waals surface area contributed by atoms with Crippen LogP contribution in [-0.2, 0) is 14.8 Å². The maximum Gasteiger partial charge on any atom is 0.241 e. The Balaban J connectivity index is 2.31. The second-order valence-electron chi connectivity index (χ2n) is 6.59. The van der Waals surface area contributed by atoms with Crippen molar-refractivity contribution in [2.24, 2.45) is 0 Å². The summed E-state index contributed by atoms with van der Waals surface area (Å²) < 4.78 is 27.4. The van der Waals surface area contributed by atoms with E-state index in [1.54, 1.807) is 14.1 Å². The normalized spacial score (nSPS) is 26.9. The smallest absolute Gasteiger partial charge is 0.241 e. The minimum absolute atomic E-state index is 0.113. The minimum Gasteiger partial charge on any atom is -0.348 e. The Morgan fingerprint density at radius 1 is 1.22 bits per heavy atom. The van der Waals surface area contributed by atoms with Gasteiger partial charge in [-0.25, -0.2) is 8.42 Å². The van der Waals surface area contributed by atoms with Crippen LogP contribution in [0.4, 0.5) is 0 Å². The van der Waals surface area contributed by atoms with E-state index in [-0.39, 0.29) is 23.9 Å². The van der Waals surface area contributed by atoms with E-state index < -0.39 is 15.3 Å². The van der Waals surface area contributed by atoms with Crippen molar-refractivity contribution in [1.82, 2.24) is 9.21 Å². The zero-order valence-corrected chi connectivity index (χ0v) is 15.2. The first-order valence-electron chi connectivity index (χ1n) is 7.96. The van der Waals surface area contributed by atoms with Gasteiger partial charge in [0.15, 0.2) is 5.25 Å². The highest BCUT2D eigenvalue weighted by molar-refractivity contribution is 7.90. The van der Waals surface area contributed by atoms with Gasteiger partial charge in [-0.2, -0.15) is 4.31 Å². The molecule has 4 atom stereocenters. The Hall–Kier alpha value is -1.40. The first-order chi connectivity index (χ1) is 10.7. The summed E-state index contributed by atoms with van der Waals surface area (Å²) in [4.78, 5) is 13.5. The summed E-state index contributed by atoms with van der Waals surface area (Å²) in [6.07, 6.45) is 0.771. The number of amides is 1. The molecule has 1 saturated heterocycles. The summed E-state index contributed by atoms with van der Waals surface area (Å²) in [6, 6.07) is 9.72. The predicted octanol–water partition coefficient (Wildman–Crippen LogP) is 2.06. The molecule has 5 nitrogen and oxygen atoms in total. The molecule has 0 bridgehead atoms. The minimum atomic E-state index is -3.68. The van der Waals surface area contributed by atoms with Gasteiger partial charge in [0.25, 0.3) is 0 Å². The standard InChI is InChI=1S/C17H26N2O3S/c1-12-11-16(15-9-7-6-8-10-15)13(2)19(12)23(21,22)14(3)17(20)18(4)5/h6-10,12-14,16H,11H2,1-5H3/t12-,13+,14-,16+/m1/s1. The molecular formula is C17H26N2O3S. The Bertz CT molecular complexity index is 658. The molecule has 23 heavy (non-hydrogen) atoms. The first kappa shape index (κ1) is 17.9. The molecule has 128 valence electrons. The lowest BCUT2D eigenvalue weighted by atomic mass is 9.92. The lowest BCUT2D eigenvalue weighted by Crippen LogP contribution is -2.48. The molecule has 1 fully saturated rings. The third kappa shape index (κ3) is 3.28. The number of rotatable bonds is 4. The molecule has 2 rings (SSSR count). The number of hydrogen-bond donors (Lipinski definition) is 0. The number of nitrogens with zero attached hydrogens (tertiary/aromatic N) is 2. The summed E-state index contributed by atoms with van der Waals surface area (Å²) in [6.45, 7) is 5.34. The zero-order valence-electron chi connectivity index (χ0n) is 14.4. The van der Waals surface area contributed by atoms with Crippen LogP contribution in [0.25, 0.3) is 0 Å². The van der Waals surface area contributed by atoms with E-state index in [1.807, 2.05) is 44.2 Å². The van der Waals surface area contributed by atoms with Gasteiger partial charge in [0, 0.05) is 32.1 Å². The van der Waals surface area contributed by atoms with Crippen molar-refractivity contribution in [3.05, 3.63) is 35.9 Å². The van der Waals surface area contributed by atoms with Crippen LogP contribution in [0.15, 0.2) is 30.3 Å². The SMILES string of the molecule is C[C@@H]1C[C@H](c2ccccc2)[C@H](C)N1S(=O)(=O)[C@H](C)C(=O)N(C)C. The average Bonchev–Trinajstić information content (AvgIpc) is 2.81. The van der Waals surface area contributed by atoms with Gasteiger partial charge in [-0.15, -0.1) is 0 Å². The van der Waals surface area contributed by atoms with Crippen LogP contribution in [0.5, 0.6) is 0 Å². The van der Waals surface area contributed by atoms with Gasteiger partial charge in [0.2, 0.25) is 15.9 Å². The van der Waals surface area contributed by atoms with Gasteiger partial charge in [0.1, 0.15) is 0 Å². The fourth-order valence-corrected chi connectivity index (χ4v) is 5.55. The molecule has 1 aromatic rings. The summed E-state index contributed by atoms with van der Waals surface area (Å²) in [5, 5.41) is -1.06. The van der Waals surface area contributed by atoms with Gasteiger partial charge < -0.3 is 4.90 Å². The van der Waals surface area contributed by atoms with Gasteiger partial charge in [0.05, 0.1) is 0 Å². The number of hydrogen-bond acceptors (Lipinski definition) is 3. The number of sulfonamides is 1. The molecule has 0 aliphatic carbocycles. The lowest BCUT2D eigenvalue weighted by Gasteiger charge is -2.30. The highest BCUT2D eigenvalue weighted by atomic mass is 32.2. The summed E-state index contributed by atoms with van der Waals surface area (Å²) in [5.74, 6) is -0.227. The van der Waals surface area contributed by atoms with E-state index in [0.29, 0.717) is 0 Å². The second kappa shape index (κ2) is 6.61. The number of benzene rings is 1. The lowest BCUT2D eigenvalue weighted by molar-refractivity contribution is -0.128. The first-order valence-corrected chi connectivity index (χ1v) is 9.46. The van der Waals surface area contributed by atoms with Crippen LogP contribution in [0.2, 0.25) is 0 Å². The summed E-state index contributed by atoms with van der Waals surface area (Å²) in [7, 11) is -0.517. The maximum absolute atomic E-state index is 13.0. The Kier molecular flexibility index (Phi) is 5.16. The van der Waals surface area contributed by atoms with E-state index >= 15 is 0 Å². The molecule has 0 unspecified atom stereocenters. The average molecular weight is 338 g/mol. The predicted molar refractivity (Wildman–Crippen MR) is 91.6 cm³/mol. The molecule has 1 heterocycles. The molecule has 1 aliphatic rings. The number of carbonyl (C=O) groups is 1. The monoisotopic (exact) mass is 338 g/mol. The molecule has 1 amide bonds. The molecule has 1 aliphatic heterocycles. The van der Waals surface area contributed by atoms with Crippen LogP contribution in [0.1, 0.15) is 38.7 Å². The van der Waals surface area contributed by atoms with Crippen LogP contribution in [-0.4, -0.2) is 55.0 Å². The maximum atomic E-state index is 13.0. The molecule has 1 aromatic carbocycles. The Morgan fingerprint density at radius 2 is 1.78 bits per heavy atom. The van der Waals surface area contributed by atoms with Crippen molar-refractivity contribution in [2.45, 2.75) is 50.4 Å². The quantitative estimate of drug-likeness (QED) is 0.844. The molecule has 0 radical (unpaired) electrons. The number of carbonyl (C=O) groups excluding carboxylic acids is 1. The molecular weight excluding hydrogens is 312 g/mol. The van der Waals surface area contributed by atoms with E-state index in [4.69, 9.17) is 0 Å². The van der Waals surface area contributed by atoms with Crippen molar-refractivity contribution in [1.29, 1.82) is 0 Å². The van der Waals surface area contributed by atoms with Crippen molar-refractivity contribution in [3.63, 3.8) is 0 Å². The van der Waals surface area contributed by atoms with E-state index in [2.05, 4.69) is 0 Å². The summed E-state index contributed by atoms with van der Waals surface area (Å²) in [5.41, 5.74) is 1.15. The Labute approximate surface area is 139 Å². The highest BCUT2D eigenvalue weighted by Crippen LogP contribution is 2.39. The van der Waals surface area contributed by atoms with Gasteiger partial charge >= 0.3 is 0 Å². The van der Waals surface area contributed by atoms with E-state index in [0.717, 1.165) is 12.0 Å². The molecule has 0 spiro atoms. The van der Waals surface area contributed by atoms with E-state index in [1.165, 1.54) is 16.1 Å². The Morgan fingerprint density at radius 3 is 2.30 bits per heavy atom. The van der Waals surface area contributed by atoms with Crippen LogP contribution < -0.4 is 0 Å².